The van der Waals surface area contributed by atoms with Gasteiger partial charge in [-0.1, -0.05) is 6.07 Å². The molecule has 1 aromatic carbocycles. The summed E-state index contributed by atoms with van der Waals surface area (Å²) in [6, 6.07) is 5.08. The molecule has 0 spiro atoms. The summed E-state index contributed by atoms with van der Waals surface area (Å²) in [7, 11) is 0. The first kappa shape index (κ1) is 11.9. The van der Waals surface area contributed by atoms with E-state index in [1.165, 1.54) is 0 Å². The predicted octanol–water partition coefficient (Wildman–Crippen LogP) is 2.44. The highest BCUT2D eigenvalue weighted by molar-refractivity contribution is 7.98. The number of carbonyl (C=O) groups is 1. The van der Waals surface area contributed by atoms with Crippen molar-refractivity contribution < 1.29 is 14.6 Å². The van der Waals surface area contributed by atoms with Crippen LogP contribution in [0.15, 0.2) is 18.2 Å². The lowest BCUT2D eigenvalue weighted by atomic mass is 10.1. The van der Waals surface area contributed by atoms with Crippen LogP contribution >= 0.6 is 11.8 Å². The van der Waals surface area contributed by atoms with Gasteiger partial charge >= 0.3 is 5.97 Å². The first-order chi connectivity index (χ1) is 7.16. The Kier molecular flexibility index (Phi) is 4.49. The van der Waals surface area contributed by atoms with Gasteiger partial charge in [0.25, 0.3) is 0 Å². The Morgan fingerprint density at radius 2 is 2.27 bits per heavy atom. The molecule has 0 fully saturated rings. The van der Waals surface area contributed by atoms with E-state index in [4.69, 9.17) is 9.84 Å². The normalized spacial score (nSPS) is 10.0. The molecular formula is C11H14O3S. The largest absolute Gasteiger partial charge is 0.492 e. The molecule has 0 aromatic heterocycles. The minimum absolute atomic E-state index is 0.302. The van der Waals surface area contributed by atoms with E-state index in [-0.39, 0.29) is 0 Å². The second-order valence-electron chi connectivity index (χ2n) is 3.08. The van der Waals surface area contributed by atoms with Gasteiger partial charge in [-0.2, -0.15) is 11.8 Å². The fourth-order valence-electron chi connectivity index (χ4n) is 1.24. The van der Waals surface area contributed by atoms with Crippen molar-refractivity contribution in [2.75, 3.05) is 18.6 Å². The maximum absolute atomic E-state index is 10.8. The zero-order chi connectivity index (χ0) is 11.3. The second-order valence-corrected chi connectivity index (χ2v) is 4.06. The Labute approximate surface area is 93.4 Å². The van der Waals surface area contributed by atoms with Crippen molar-refractivity contribution in [1.82, 2.24) is 0 Å². The van der Waals surface area contributed by atoms with Crippen molar-refractivity contribution >= 4 is 17.7 Å². The summed E-state index contributed by atoms with van der Waals surface area (Å²) in [5.41, 5.74) is 0.989. The zero-order valence-corrected chi connectivity index (χ0v) is 9.63. The highest BCUT2D eigenvalue weighted by Crippen LogP contribution is 2.21. The molecule has 0 aliphatic rings. The van der Waals surface area contributed by atoms with Crippen LogP contribution in [-0.4, -0.2) is 29.7 Å². The van der Waals surface area contributed by atoms with Gasteiger partial charge in [-0.05, 0) is 25.3 Å². The third-order valence-corrected chi connectivity index (χ3v) is 2.63. The average Bonchev–Trinajstić information content (AvgIpc) is 2.20. The van der Waals surface area contributed by atoms with Crippen LogP contribution in [0.1, 0.15) is 15.9 Å². The zero-order valence-electron chi connectivity index (χ0n) is 8.82. The standard InChI is InChI=1S/C11H14O3S/c1-8-9(11(12)13)4-3-5-10(8)14-6-7-15-2/h3-5H,6-7H2,1-2H3,(H,12,13). The van der Waals surface area contributed by atoms with Crippen LogP contribution in [-0.2, 0) is 0 Å². The molecule has 1 rings (SSSR count). The molecule has 0 bridgehead atoms. The van der Waals surface area contributed by atoms with E-state index >= 15 is 0 Å². The number of carboxylic acids is 1. The molecule has 0 heterocycles. The topological polar surface area (TPSA) is 46.5 Å². The van der Waals surface area contributed by atoms with Crippen LogP contribution in [0.5, 0.6) is 5.75 Å². The van der Waals surface area contributed by atoms with Crippen molar-refractivity contribution in [2.24, 2.45) is 0 Å². The van der Waals surface area contributed by atoms with Crippen molar-refractivity contribution in [2.45, 2.75) is 6.92 Å². The van der Waals surface area contributed by atoms with Gasteiger partial charge in [0.1, 0.15) is 5.75 Å². The van der Waals surface area contributed by atoms with Gasteiger partial charge in [-0.25, -0.2) is 4.79 Å². The van der Waals surface area contributed by atoms with Crippen LogP contribution in [0.3, 0.4) is 0 Å². The van der Waals surface area contributed by atoms with Crippen LogP contribution < -0.4 is 4.74 Å². The predicted molar refractivity (Wildman–Crippen MR) is 62.0 cm³/mol. The molecule has 3 nitrogen and oxygen atoms in total. The Balaban J connectivity index is 2.80. The summed E-state index contributed by atoms with van der Waals surface area (Å²) in [6.07, 6.45) is 2.00. The van der Waals surface area contributed by atoms with Crippen molar-refractivity contribution in [3.05, 3.63) is 29.3 Å². The van der Waals surface area contributed by atoms with Gasteiger partial charge in [0.2, 0.25) is 0 Å². The molecule has 0 atom stereocenters. The lowest BCUT2D eigenvalue weighted by Gasteiger charge is -2.09. The first-order valence-electron chi connectivity index (χ1n) is 4.61. The van der Waals surface area contributed by atoms with Crippen LogP contribution in [0.4, 0.5) is 0 Å². The summed E-state index contributed by atoms with van der Waals surface area (Å²) in [5.74, 6) is 0.642. The van der Waals surface area contributed by atoms with Crippen molar-refractivity contribution in [3.63, 3.8) is 0 Å². The Hall–Kier alpha value is -1.16. The van der Waals surface area contributed by atoms with E-state index in [0.29, 0.717) is 23.5 Å². The molecule has 4 heteroatoms. The maximum atomic E-state index is 10.8. The minimum Gasteiger partial charge on any atom is -0.492 e. The van der Waals surface area contributed by atoms with E-state index in [2.05, 4.69) is 0 Å². The minimum atomic E-state index is -0.914. The van der Waals surface area contributed by atoms with Gasteiger partial charge in [0.15, 0.2) is 0 Å². The monoisotopic (exact) mass is 226 g/mol. The summed E-state index contributed by atoms with van der Waals surface area (Å²) < 4.78 is 5.48. The van der Waals surface area contributed by atoms with Gasteiger partial charge < -0.3 is 9.84 Å². The van der Waals surface area contributed by atoms with Crippen LogP contribution in [0, 0.1) is 6.92 Å². The Morgan fingerprint density at radius 1 is 1.53 bits per heavy atom. The maximum Gasteiger partial charge on any atom is 0.336 e. The molecule has 1 N–H and O–H groups in total. The van der Waals surface area contributed by atoms with E-state index in [1.807, 2.05) is 6.26 Å². The Bertz CT molecular complexity index is 350. The van der Waals surface area contributed by atoms with Crippen molar-refractivity contribution in [1.29, 1.82) is 0 Å². The third kappa shape index (κ3) is 3.16. The van der Waals surface area contributed by atoms with Crippen LogP contribution in [0.25, 0.3) is 0 Å². The van der Waals surface area contributed by atoms with Gasteiger partial charge in [-0.15, -0.1) is 0 Å². The molecule has 82 valence electrons. The molecule has 0 saturated carbocycles. The number of benzene rings is 1. The lowest BCUT2D eigenvalue weighted by molar-refractivity contribution is 0.0695. The third-order valence-electron chi connectivity index (χ3n) is 2.06. The smallest absolute Gasteiger partial charge is 0.336 e. The summed E-state index contributed by atoms with van der Waals surface area (Å²) in [6.45, 7) is 2.36. The molecule has 0 unspecified atom stereocenters. The van der Waals surface area contributed by atoms with E-state index < -0.39 is 5.97 Å². The molecule has 0 radical (unpaired) electrons. The number of ether oxygens (including phenoxy) is 1. The fourth-order valence-corrected chi connectivity index (χ4v) is 1.49. The number of hydrogen-bond donors (Lipinski definition) is 1. The fraction of sp³-hybridized carbons (Fsp3) is 0.364. The number of thioether (sulfide) groups is 1. The number of hydrogen-bond acceptors (Lipinski definition) is 3. The number of aromatic carboxylic acids is 1. The molecule has 15 heavy (non-hydrogen) atoms. The Morgan fingerprint density at radius 3 is 2.87 bits per heavy atom. The molecule has 0 saturated heterocycles. The highest BCUT2D eigenvalue weighted by atomic mass is 32.2. The number of carboxylic acid groups (broad SMARTS) is 1. The molecule has 0 aliphatic carbocycles. The SMILES string of the molecule is CSCCOc1cccc(C(=O)O)c1C. The number of rotatable bonds is 5. The highest BCUT2D eigenvalue weighted by Gasteiger charge is 2.10. The molecule has 0 aliphatic heterocycles. The average molecular weight is 226 g/mol. The molecule has 1 aromatic rings. The van der Waals surface area contributed by atoms with Gasteiger partial charge in [0, 0.05) is 11.3 Å². The molecular weight excluding hydrogens is 212 g/mol. The quantitative estimate of drug-likeness (QED) is 0.783. The molecule has 0 amide bonds. The summed E-state index contributed by atoms with van der Waals surface area (Å²) in [4.78, 5) is 10.8. The first-order valence-corrected chi connectivity index (χ1v) is 6.01. The summed E-state index contributed by atoms with van der Waals surface area (Å²) in [5, 5.41) is 8.90. The van der Waals surface area contributed by atoms with Gasteiger partial charge in [-0.3, -0.25) is 0 Å². The summed E-state index contributed by atoms with van der Waals surface area (Å²) >= 11 is 1.70. The van der Waals surface area contributed by atoms with Crippen molar-refractivity contribution in [3.8, 4) is 5.75 Å². The lowest BCUT2D eigenvalue weighted by Crippen LogP contribution is -2.05. The van der Waals surface area contributed by atoms with E-state index in [9.17, 15) is 4.79 Å². The van der Waals surface area contributed by atoms with E-state index in [0.717, 1.165) is 5.75 Å². The van der Waals surface area contributed by atoms with Gasteiger partial charge in [0.05, 0.1) is 12.2 Å². The second kappa shape index (κ2) is 5.66. The van der Waals surface area contributed by atoms with E-state index in [1.54, 1.807) is 36.9 Å². The van der Waals surface area contributed by atoms with Crippen LogP contribution in [0.2, 0.25) is 0 Å².